The number of amides is 1. The minimum absolute atomic E-state index is 0.264. The molecule has 6 heteroatoms. The average molecular weight is 359 g/mol. The summed E-state index contributed by atoms with van der Waals surface area (Å²) in [5.74, 6) is -0.264. The lowest BCUT2D eigenvalue weighted by molar-refractivity contribution is -0.377. The molecule has 4 aromatic rings. The van der Waals surface area contributed by atoms with Crippen molar-refractivity contribution in [3.8, 4) is 11.3 Å². The third-order valence-electron chi connectivity index (χ3n) is 3.88. The van der Waals surface area contributed by atoms with Crippen molar-refractivity contribution in [3.63, 3.8) is 0 Å². The summed E-state index contributed by atoms with van der Waals surface area (Å²) in [6.07, 6.45) is 5.30. The SMILES string of the molecule is O=C(NN=Cc1cccs1)c1cc(-c2cc[nH+]cc2)nc2ccccc12. The van der Waals surface area contributed by atoms with Crippen LogP contribution in [0.25, 0.3) is 22.2 Å². The molecule has 3 heterocycles. The average Bonchev–Trinajstić information content (AvgIpc) is 3.21. The number of carbonyl (C=O) groups is 1. The summed E-state index contributed by atoms with van der Waals surface area (Å²) in [6, 6.07) is 17.1. The standard InChI is InChI=1S/C20H14N4OS/c25-20(24-22-13-15-4-3-11-26-15)17-12-19(14-7-9-21-10-8-14)23-18-6-2-1-5-16(17)18/h1-13H,(H,24,25)/p+1. The van der Waals surface area contributed by atoms with Crippen LogP contribution in [-0.2, 0) is 0 Å². The lowest BCUT2D eigenvalue weighted by atomic mass is 10.0. The molecule has 0 radical (unpaired) electrons. The molecular formula is C20H15N4OS+. The van der Waals surface area contributed by atoms with Crippen LogP contribution in [0.1, 0.15) is 15.2 Å². The summed E-state index contributed by atoms with van der Waals surface area (Å²) in [7, 11) is 0. The molecule has 0 atom stereocenters. The van der Waals surface area contributed by atoms with Crippen molar-refractivity contribution in [1.29, 1.82) is 0 Å². The quantitative estimate of drug-likeness (QED) is 0.447. The van der Waals surface area contributed by atoms with Gasteiger partial charge in [-0.1, -0.05) is 24.3 Å². The molecule has 0 bridgehead atoms. The van der Waals surface area contributed by atoms with Gasteiger partial charge in [0, 0.05) is 28.0 Å². The Kier molecular flexibility index (Phi) is 4.49. The normalized spacial score (nSPS) is 11.1. The van der Waals surface area contributed by atoms with Gasteiger partial charge in [0.15, 0.2) is 12.4 Å². The number of aromatic nitrogens is 2. The second-order valence-corrected chi connectivity index (χ2v) is 6.55. The number of aromatic amines is 1. The van der Waals surface area contributed by atoms with Crippen LogP contribution >= 0.6 is 11.3 Å². The van der Waals surface area contributed by atoms with Crippen molar-refractivity contribution < 1.29 is 9.78 Å². The number of carbonyl (C=O) groups excluding carboxylic acids is 1. The summed E-state index contributed by atoms with van der Waals surface area (Å²) in [5, 5.41) is 6.82. The highest BCUT2D eigenvalue weighted by Gasteiger charge is 2.13. The van der Waals surface area contributed by atoms with E-state index in [1.54, 1.807) is 23.6 Å². The van der Waals surface area contributed by atoms with Crippen molar-refractivity contribution in [2.75, 3.05) is 0 Å². The molecule has 0 aliphatic rings. The van der Waals surface area contributed by atoms with Crippen LogP contribution in [0.5, 0.6) is 0 Å². The van der Waals surface area contributed by atoms with Gasteiger partial charge in [0.25, 0.3) is 5.91 Å². The lowest BCUT2D eigenvalue weighted by Crippen LogP contribution is -2.18. The Hall–Kier alpha value is -3.38. The molecule has 126 valence electrons. The van der Waals surface area contributed by atoms with Crippen LogP contribution in [0.15, 0.2) is 77.5 Å². The predicted octanol–water partition coefficient (Wildman–Crippen LogP) is 3.54. The van der Waals surface area contributed by atoms with E-state index in [9.17, 15) is 4.79 Å². The summed E-state index contributed by atoms with van der Waals surface area (Å²) in [5.41, 5.74) is 5.60. The second kappa shape index (κ2) is 7.25. The molecule has 1 aromatic carbocycles. The molecule has 3 aromatic heterocycles. The molecule has 1 amide bonds. The summed E-state index contributed by atoms with van der Waals surface area (Å²) in [4.78, 5) is 21.4. The number of hydrazone groups is 1. The molecule has 0 saturated heterocycles. The van der Waals surface area contributed by atoms with Crippen LogP contribution in [0.3, 0.4) is 0 Å². The molecule has 4 rings (SSSR count). The van der Waals surface area contributed by atoms with E-state index in [0.717, 1.165) is 27.0 Å². The van der Waals surface area contributed by atoms with Gasteiger partial charge in [0.1, 0.15) is 0 Å². The highest BCUT2D eigenvalue weighted by molar-refractivity contribution is 7.11. The summed E-state index contributed by atoms with van der Waals surface area (Å²) < 4.78 is 0. The molecule has 0 saturated carbocycles. The maximum atomic E-state index is 12.7. The third-order valence-corrected chi connectivity index (χ3v) is 4.68. The van der Waals surface area contributed by atoms with Gasteiger partial charge >= 0.3 is 0 Å². The van der Waals surface area contributed by atoms with Crippen molar-refractivity contribution in [2.45, 2.75) is 0 Å². The molecule has 5 nitrogen and oxygen atoms in total. The Morgan fingerprint density at radius 1 is 1.12 bits per heavy atom. The first kappa shape index (κ1) is 16.1. The number of para-hydroxylation sites is 1. The Morgan fingerprint density at radius 3 is 2.77 bits per heavy atom. The van der Waals surface area contributed by atoms with E-state index in [0.29, 0.717) is 5.56 Å². The van der Waals surface area contributed by atoms with Gasteiger partial charge in [0.05, 0.1) is 23.0 Å². The van der Waals surface area contributed by atoms with Crippen LogP contribution in [0, 0.1) is 0 Å². The Balaban J connectivity index is 1.72. The van der Waals surface area contributed by atoms with E-state index < -0.39 is 0 Å². The summed E-state index contributed by atoms with van der Waals surface area (Å²) >= 11 is 1.56. The van der Waals surface area contributed by atoms with E-state index >= 15 is 0 Å². The van der Waals surface area contributed by atoms with E-state index in [1.807, 2.05) is 66.3 Å². The highest BCUT2D eigenvalue weighted by atomic mass is 32.1. The fraction of sp³-hybridized carbons (Fsp3) is 0. The number of nitrogens with one attached hydrogen (secondary N) is 2. The molecule has 0 unspecified atom stereocenters. The van der Waals surface area contributed by atoms with Crippen molar-refractivity contribution >= 4 is 34.4 Å². The van der Waals surface area contributed by atoms with Crippen LogP contribution in [0.4, 0.5) is 0 Å². The molecule has 2 N–H and O–H groups in total. The van der Waals surface area contributed by atoms with Gasteiger partial charge in [-0.15, -0.1) is 11.3 Å². The van der Waals surface area contributed by atoms with Crippen molar-refractivity contribution in [2.24, 2.45) is 5.10 Å². The van der Waals surface area contributed by atoms with Gasteiger partial charge in [-0.2, -0.15) is 5.10 Å². The van der Waals surface area contributed by atoms with Gasteiger partial charge < -0.3 is 0 Å². The fourth-order valence-corrected chi connectivity index (χ4v) is 3.23. The number of hydrogen-bond donors (Lipinski definition) is 1. The summed E-state index contributed by atoms with van der Waals surface area (Å²) in [6.45, 7) is 0. The Morgan fingerprint density at radius 2 is 1.96 bits per heavy atom. The molecular weight excluding hydrogens is 344 g/mol. The molecule has 0 aliphatic heterocycles. The zero-order valence-electron chi connectivity index (χ0n) is 13.7. The zero-order chi connectivity index (χ0) is 17.8. The van der Waals surface area contributed by atoms with Gasteiger partial charge in [-0.3, -0.25) is 4.79 Å². The van der Waals surface area contributed by atoms with Gasteiger partial charge in [-0.25, -0.2) is 15.4 Å². The first-order chi connectivity index (χ1) is 12.8. The maximum absolute atomic E-state index is 12.7. The zero-order valence-corrected chi connectivity index (χ0v) is 14.5. The predicted molar refractivity (Wildman–Crippen MR) is 103 cm³/mol. The van der Waals surface area contributed by atoms with E-state index in [2.05, 4.69) is 20.5 Å². The number of fused-ring (bicyclic) bond motifs is 1. The third kappa shape index (κ3) is 3.36. The number of nitrogens with zero attached hydrogens (tertiary/aromatic N) is 2. The number of benzene rings is 1. The first-order valence-corrected chi connectivity index (χ1v) is 8.92. The van der Waals surface area contributed by atoms with Crippen LogP contribution < -0.4 is 10.4 Å². The number of thiophene rings is 1. The topological polar surface area (TPSA) is 68.5 Å². The lowest BCUT2D eigenvalue weighted by Gasteiger charge is -2.08. The number of rotatable bonds is 4. The monoisotopic (exact) mass is 359 g/mol. The van der Waals surface area contributed by atoms with E-state index in [-0.39, 0.29) is 5.91 Å². The number of hydrogen-bond acceptors (Lipinski definition) is 4. The molecule has 0 aliphatic carbocycles. The van der Waals surface area contributed by atoms with E-state index in [1.165, 1.54) is 0 Å². The number of H-pyrrole nitrogens is 1. The minimum atomic E-state index is -0.264. The van der Waals surface area contributed by atoms with E-state index in [4.69, 9.17) is 0 Å². The number of pyridine rings is 2. The maximum Gasteiger partial charge on any atom is 0.272 e. The van der Waals surface area contributed by atoms with Gasteiger partial charge in [0.2, 0.25) is 0 Å². The highest BCUT2D eigenvalue weighted by Crippen LogP contribution is 2.24. The molecule has 0 spiro atoms. The van der Waals surface area contributed by atoms with Crippen molar-refractivity contribution in [3.05, 3.63) is 82.8 Å². The smallest absolute Gasteiger partial charge is 0.267 e. The Labute approximate surface area is 154 Å². The van der Waals surface area contributed by atoms with Crippen molar-refractivity contribution in [1.82, 2.24) is 10.4 Å². The van der Waals surface area contributed by atoms with Gasteiger partial charge in [-0.05, 0) is 23.6 Å². The molecule has 0 fully saturated rings. The second-order valence-electron chi connectivity index (χ2n) is 5.58. The molecule has 26 heavy (non-hydrogen) atoms. The van der Waals surface area contributed by atoms with Crippen LogP contribution in [0.2, 0.25) is 0 Å². The first-order valence-electron chi connectivity index (χ1n) is 8.04. The fourth-order valence-electron chi connectivity index (χ4n) is 2.65. The Bertz CT molecular complexity index is 1080. The van der Waals surface area contributed by atoms with Crippen LogP contribution in [-0.4, -0.2) is 17.1 Å². The largest absolute Gasteiger partial charge is 0.272 e. The minimum Gasteiger partial charge on any atom is -0.267 e.